The van der Waals surface area contributed by atoms with Gasteiger partial charge in [-0.05, 0) is 44.4 Å². The van der Waals surface area contributed by atoms with Gasteiger partial charge in [-0.15, -0.1) is 0 Å². The number of nitrogens with one attached hydrogen (secondary N) is 1. The fourth-order valence-corrected chi connectivity index (χ4v) is 3.07. The van der Waals surface area contributed by atoms with Gasteiger partial charge in [0, 0.05) is 22.9 Å². The molecule has 3 rings (SSSR count). The molecule has 1 aliphatic heterocycles. The van der Waals surface area contributed by atoms with E-state index >= 15 is 0 Å². The topological polar surface area (TPSA) is 45.2 Å². The molecular weight excluding hydrogens is 250 g/mol. The Morgan fingerprint density at radius 2 is 1.95 bits per heavy atom. The summed E-state index contributed by atoms with van der Waals surface area (Å²) < 4.78 is 5.68. The van der Waals surface area contributed by atoms with Crippen LogP contribution in [0.5, 0.6) is 5.75 Å². The van der Waals surface area contributed by atoms with Crippen molar-refractivity contribution in [3.8, 4) is 5.75 Å². The van der Waals surface area contributed by atoms with E-state index in [1.807, 2.05) is 18.2 Å². The Bertz CT molecular complexity index is 630. The third-order valence-corrected chi connectivity index (χ3v) is 4.53. The van der Waals surface area contributed by atoms with Crippen LogP contribution in [0, 0.1) is 20.8 Å². The lowest BCUT2D eigenvalue weighted by atomic mass is 9.86. The lowest BCUT2D eigenvalue weighted by Gasteiger charge is -2.29. The highest BCUT2D eigenvalue weighted by Crippen LogP contribution is 2.42. The average molecular weight is 271 g/mol. The maximum Gasteiger partial charge on any atom is 0.122 e. The van der Waals surface area contributed by atoms with Gasteiger partial charge in [-0.2, -0.15) is 0 Å². The minimum atomic E-state index is -0.507. The number of para-hydroxylation sites is 1. The summed E-state index contributed by atoms with van der Waals surface area (Å²) >= 11 is 0. The molecule has 2 aromatic rings. The van der Waals surface area contributed by atoms with Crippen LogP contribution >= 0.6 is 0 Å². The minimum Gasteiger partial charge on any atom is -0.493 e. The number of fused-ring (bicyclic) bond motifs is 1. The number of aromatic nitrogens is 1. The van der Waals surface area contributed by atoms with Crippen LogP contribution in [0.25, 0.3) is 0 Å². The van der Waals surface area contributed by atoms with Crippen LogP contribution in [0.4, 0.5) is 0 Å². The first-order valence-corrected chi connectivity index (χ1v) is 7.15. The van der Waals surface area contributed by atoms with Gasteiger partial charge in [0.2, 0.25) is 0 Å². The minimum absolute atomic E-state index is 0.0936. The Morgan fingerprint density at radius 1 is 1.20 bits per heavy atom. The largest absolute Gasteiger partial charge is 0.493 e. The Hall–Kier alpha value is -1.74. The molecule has 106 valence electrons. The van der Waals surface area contributed by atoms with Gasteiger partial charge in [-0.25, -0.2) is 0 Å². The molecule has 1 aliphatic rings. The number of hydrogen-bond donors (Lipinski definition) is 2. The highest BCUT2D eigenvalue weighted by Gasteiger charge is 2.30. The van der Waals surface area contributed by atoms with Gasteiger partial charge in [-0.1, -0.05) is 18.2 Å². The zero-order valence-electron chi connectivity index (χ0n) is 12.2. The summed E-state index contributed by atoms with van der Waals surface area (Å²) in [7, 11) is 0. The third-order valence-electron chi connectivity index (χ3n) is 4.53. The van der Waals surface area contributed by atoms with Gasteiger partial charge in [0.1, 0.15) is 11.9 Å². The van der Waals surface area contributed by atoms with Crippen molar-refractivity contribution in [1.82, 2.24) is 4.98 Å². The van der Waals surface area contributed by atoms with Gasteiger partial charge >= 0.3 is 0 Å². The smallest absolute Gasteiger partial charge is 0.122 e. The van der Waals surface area contributed by atoms with Crippen LogP contribution in [0.3, 0.4) is 0 Å². The molecule has 2 unspecified atom stereocenters. The molecule has 20 heavy (non-hydrogen) atoms. The maximum absolute atomic E-state index is 10.8. The van der Waals surface area contributed by atoms with Crippen molar-refractivity contribution in [3.63, 3.8) is 0 Å². The number of ether oxygens (including phenoxy) is 1. The van der Waals surface area contributed by atoms with Crippen molar-refractivity contribution in [2.75, 3.05) is 6.61 Å². The highest BCUT2D eigenvalue weighted by molar-refractivity contribution is 5.42. The normalized spacial score (nSPS) is 19.3. The van der Waals surface area contributed by atoms with E-state index in [0.29, 0.717) is 6.61 Å². The fourth-order valence-electron chi connectivity index (χ4n) is 3.07. The van der Waals surface area contributed by atoms with Crippen molar-refractivity contribution in [2.45, 2.75) is 39.2 Å². The van der Waals surface area contributed by atoms with E-state index in [4.69, 9.17) is 4.74 Å². The maximum atomic E-state index is 10.8. The molecule has 3 nitrogen and oxygen atoms in total. The SMILES string of the molecule is Cc1[nH]c(C(O)C2CCOc3ccccc32)c(C)c1C. The summed E-state index contributed by atoms with van der Waals surface area (Å²) in [4.78, 5) is 3.35. The van der Waals surface area contributed by atoms with Crippen LogP contribution in [-0.4, -0.2) is 16.7 Å². The Labute approximate surface area is 119 Å². The van der Waals surface area contributed by atoms with Gasteiger partial charge < -0.3 is 14.8 Å². The zero-order chi connectivity index (χ0) is 14.3. The van der Waals surface area contributed by atoms with Crippen LogP contribution in [-0.2, 0) is 0 Å². The highest BCUT2D eigenvalue weighted by atomic mass is 16.5. The first-order valence-electron chi connectivity index (χ1n) is 7.15. The summed E-state index contributed by atoms with van der Waals surface area (Å²) in [6.07, 6.45) is 0.335. The lowest BCUT2D eigenvalue weighted by Crippen LogP contribution is -2.20. The van der Waals surface area contributed by atoms with E-state index in [2.05, 4.69) is 31.8 Å². The van der Waals surface area contributed by atoms with Gasteiger partial charge in [0.05, 0.1) is 6.61 Å². The molecule has 0 fully saturated rings. The van der Waals surface area contributed by atoms with E-state index in [0.717, 1.165) is 29.1 Å². The molecule has 0 bridgehead atoms. The number of benzene rings is 1. The van der Waals surface area contributed by atoms with E-state index in [9.17, 15) is 5.11 Å². The van der Waals surface area contributed by atoms with Crippen molar-refractivity contribution in [3.05, 3.63) is 52.3 Å². The molecule has 2 heterocycles. The molecule has 0 saturated heterocycles. The summed E-state index contributed by atoms with van der Waals surface area (Å²) in [5.41, 5.74) is 5.59. The number of aromatic amines is 1. The molecular formula is C17H21NO2. The predicted molar refractivity (Wildman–Crippen MR) is 79.3 cm³/mol. The predicted octanol–water partition coefficient (Wildman–Crippen LogP) is 3.54. The van der Waals surface area contributed by atoms with Gasteiger partial charge in [-0.3, -0.25) is 0 Å². The molecule has 0 amide bonds. The summed E-state index contributed by atoms with van der Waals surface area (Å²) in [5, 5.41) is 10.8. The van der Waals surface area contributed by atoms with Crippen molar-refractivity contribution in [2.24, 2.45) is 0 Å². The van der Waals surface area contributed by atoms with Crippen LogP contribution in [0.15, 0.2) is 24.3 Å². The second-order valence-electron chi connectivity index (χ2n) is 5.64. The molecule has 0 saturated carbocycles. The van der Waals surface area contributed by atoms with E-state index in [-0.39, 0.29) is 5.92 Å². The van der Waals surface area contributed by atoms with Gasteiger partial charge in [0.15, 0.2) is 0 Å². The van der Waals surface area contributed by atoms with Crippen molar-refractivity contribution >= 4 is 0 Å². The molecule has 1 aromatic carbocycles. The molecule has 0 spiro atoms. The lowest BCUT2D eigenvalue weighted by molar-refractivity contribution is 0.113. The van der Waals surface area contributed by atoms with Crippen LogP contribution < -0.4 is 4.74 Å². The Balaban J connectivity index is 1.99. The summed E-state index contributed by atoms with van der Waals surface area (Å²) in [6, 6.07) is 8.01. The second kappa shape index (κ2) is 4.98. The second-order valence-corrected chi connectivity index (χ2v) is 5.64. The molecule has 3 heteroatoms. The van der Waals surface area contributed by atoms with Crippen LogP contribution in [0.1, 0.15) is 46.5 Å². The summed E-state index contributed by atoms with van der Waals surface area (Å²) in [6.45, 7) is 6.88. The average Bonchev–Trinajstić information content (AvgIpc) is 2.73. The Morgan fingerprint density at radius 3 is 2.65 bits per heavy atom. The van der Waals surface area contributed by atoms with Crippen molar-refractivity contribution < 1.29 is 9.84 Å². The first-order chi connectivity index (χ1) is 9.59. The standard InChI is InChI=1S/C17H21NO2/c1-10-11(2)16(18-12(10)3)17(19)14-8-9-20-15-7-5-4-6-13(14)15/h4-7,14,17-19H,8-9H2,1-3H3. The van der Waals surface area contributed by atoms with Gasteiger partial charge in [0.25, 0.3) is 0 Å². The number of aliphatic hydroxyl groups excluding tert-OH is 1. The van der Waals surface area contributed by atoms with E-state index in [1.54, 1.807) is 0 Å². The Kier molecular flexibility index (Phi) is 3.30. The first kappa shape index (κ1) is 13.3. The quantitative estimate of drug-likeness (QED) is 0.877. The monoisotopic (exact) mass is 271 g/mol. The molecule has 2 N–H and O–H groups in total. The number of aryl methyl sites for hydroxylation is 1. The van der Waals surface area contributed by atoms with Crippen LogP contribution in [0.2, 0.25) is 0 Å². The number of hydrogen-bond acceptors (Lipinski definition) is 2. The number of rotatable bonds is 2. The molecule has 0 radical (unpaired) electrons. The third kappa shape index (κ3) is 2.02. The van der Waals surface area contributed by atoms with E-state index in [1.165, 1.54) is 11.1 Å². The van der Waals surface area contributed by atoms with E-state index < -0.39 is 6.10 Å². The number of H-pyrrole nitrogens is 1. The fraction of sp³-hybridized carbons (Fsp3) is 0.412. The molecule has 1 aromatic heterocycles. The molecule has 0 aliphatic carbocycles. The molecule has 2 atom stereocenters. The zero-order valence-corrected chi connectivity index (χ0v) is 12.2. The summed E-state index contributed by atoms with van der Waals surface area (Å²) in [5.74, 6) is 0.997. The number of aliphatic hydroxyl groups is 1. The van der Waals surface area contributed by atoms with Crippen molar-refractivity contribution in [1.29, 1.82) is 0 Å².